The van der Waals surface area contributed by atoms with Crippen LogP contribution < -0.4 is 15.4 Å². The van der Waals surface area contributed by atoms with Crippen LogP contribution in [-0.2, 0) is 0 Å². The number of carbonyl (C=O) groups excluding carboxylic acids is 1. The first-order chi connectivity index (χ1) is 13.0. The van der Waals surface area contributed by atoms with Crippen LogP contribution in [0.25, 0.3) is 0 Å². The van der Waals surface area contributed by atoms with Crippen LogP contribution in [0, 0.1) is 5.82 Å². The molecule has 0 radical (unpaired) electrons. The van der Waals surface area contributed by atoms with E-state index in [9.17, 15) is 9.18 Å². The number of urea groups is 1. The molecule has 144 valence electrons. The maximum Gasteiger partial charge on any atom is 0.319 e. The average molecular weight is 372 g/mol. The Labute approximate surface area is 158 Å². The van der Waals surface area contributed by atoms with Crippen molar-refractivity contribution in [2.24, 2.45) is 0 Å². The SMILES string of the molecule is CN1CCN(C)[C@@H](CNC(=O)Nc2ccccc2Oc2ccccc2F)C1. The zero-order valence-electron chi connectivity index (χ0n) is 15.6. The van der Waals surface area contributed by atoms with E-state index in [4.69, 9.17) is 4.74 Å². The van der Waals surface area contributed by atoms with Gasteiger partial charge >= 0.3 is 6.03 Å². The van der Waals surface area contributed by atoms with Crippen molar-refractivity contribution in [1.29, 1.82) is 0 Å². The van der Waals surface area contributed by atoms with Gasteiger partial charge in [0.25, 0.3) is 0 Å². The first-order valence-corrected chi connectivity index (χ1v) is 8.98. The monoisotopic (exact) mass is 372 g/mol. The van der Waals surface area contributed by atoms with Crippen LogP contribution in [0.4, 0.5) is 14.9 Å². The fourth-order valence-electron chi connectivity index (χ4n) is 3.00. The summed E-state index contributed by atoms with van der Waals surface area (Å²) in [4.78, 5) is 16.8. The quantitative estimate of drug-likeness (QED) is 0.847. The van der Waals surface area contributed by atoms with E-state index in [0.29, 0.717) is 18.0 Å². The molecule has 7 heteroatoms. The number of piperazine rings is 1. The number of likely N-dealkylation sites (N-methyl/N-ethyl adjacent to an activating group) is 2. The molecule has 1 atom stereocenters. The average Bonchev–Trinajstić information content (AvgIpc) is 2.66. The van der Waals surface area contributed by atoms with Crippen LogP contribution in [0.5, 0.6) is 11.5 Å². The van der Waals surface area contributed by atoms with Gasteiger partial charge in [-0.05, 0) is 38.4 Å². The summed E-state index contributed by atoms with van der Waals surface area (Å²) in [7, 11) is 4.14. The number of carbonyl (C=O) groups is 1. The molecule has 27 heavy (non-hydrogen) atoms. The Morgan fingerprint density at radius 1 is 1.11 bits per heavy atom. The Bertz CT molecular complexity index is 786. The molecule has 0 aliphatic carbocycles. The van der Waals surface area contributed by atoms with Crippen LogP contribution in [-0.4, -0.2) is 62.1 Å². The highest BCUT2D eigenvalue weighted by atomic mass is 19.1. The Hall–Kier alpha value is -2.64. The summed E-state index contributed by atoms with van der Waals surface area (Å²) < 4.78 is 19.5. The molecule has 0 saturated carbocycles. The van der Waals surface area contributed by atoms with E-state index >= 15 is 0 Å². The zero-order valence-corrected chi connectivity index (χ0v) is 15.6. The lowest BCUT2D eigenvalue weighted by Crippen LogP contribution is -2.54. The predicted octanol–water partition coefficient (Wildman–Crippen LogP) is 2.99. The first kappa shape index (κ1) is 19.1. The molecule has 1 aliphatic heterocycles. The second-order valence-corrected chi connectivity index (χ2v) is 6.76. The molecule has 2 aromatic rings. The lowest BCUT2D eigenvalue weighted by Gasteiger charge is -2.37. The Balaban J connectivity index is 1.60. The Kier molecular flexibility index (Phi) is 6.26. The van der Waals surface area contributed by atoms with E-state index in [2.05, 4.69) is 34.5 Å². The third-order valence-corrected chi connectivity index (χ3v) is 4.67. The Morgan fingerprint density at radius 3 is 2.59 bits per heavy atom. The van der Waals surface area contributed by atoms with E-state index in [1.165, 1.54) is 6.07 Å². The molecule has 1 fully saturated rings. The highest BCUT2D eigenvalue weighted by Gasteiger charge is 2.22. The molecule has 0 bridgehead atoms. The summed E-state index contributed by atoms with van der Waals surface area (Å²) in [6, 6.07) is 13.1. The summed E-state index contributed by atoms with van der Waals surface area (Å²) in [5, 5.41) is 5.69. The number of anilines is 1. The van der Waals surface area contributed by atoms with Gasteiger partial charge in [0, 0.05) is 32.2 Å². The van der Waals surface area contributed by atoms with E-state index < -0.39 is 5.82 Å². The van der Waals surface area contributed by atoms with Crippen LogP contribution in [0.3, 0.4) is 0 Å². The highest BCUT2D eigenvalue weighted by molar-refractivity contribution is 5.91. The normalized spacial score (nSPS) is 18.1. The van der Waals surface area contributed by atoms with Crippen molar-refractivity contribution in [1.82, 2.24) is 15.1 Å². The van der Waals surface area contributed by atoms with Crippen LogP contribution in [0.15, 0.2) is 48.5 Å². The predicted molar refractivity (Wildman–Crippen MR) is 104 cm³/mol. The standard InChI is InChI=1S/C20H25FN4O2/c1-24-11-12-25(2)15(14-24)13-22-20(26)23-17-8-4-6-10-19(17)27-18-9-5-3-7-16(18)21/h3-10,15H,11-14H2,1-2H3,(H2,22,23,26)/t15-/m0/s1. The van der Waals surface area contributed by atoms with Crippen molar-refractivity contribution in [3.8, 4) is 11.5 Å². The maximum absolute atomic E-state index is 13.8. The van der Waals surface area contributed by atoms with E-state index in [-0.39, 0.29) is 17.8 Å². The van der Waals surface area contributed by atoms with Crippen molar-refractivity contribution in [2.45, 2.75) is 6.04 Å². The maximum atomic E-state index is 13.8. The van der Waals surface area contributed by atoms with Crippen molar-refractivity contribution in [3.05, 3.63) is 54.3 Å². The first-order valence-electron chi connectivity index (χ1n) is 8.98. The van der Waals surface area contributed by atoms with Gasteiger partial charge in [-0.25, -0.2) is 9.18 Å². The molecular formula is C20H25FN4O2. The Morgan fingerprint density at radius 2 is 1.81 bits per heavy atom. The third-order valence-electron chi connectivity index (χ3n) is 4.67. The van der Waals surface area contributed by atoms with Gasteiger partial charge < -0.3 is 20.3 Å². The summed E-state index contributed by atoms with van der Waals surface area (Å²) in [6.07, 6.45) is 0. The molecule has 0 aromatic heterocycles. The van der Waals surface area contributed by atoms with Crippen molar-refractivity contribution in [2.75, 3.05) is 45.6 Å². The number of hydrogen-bond donors (Lipinski definition) is 2. The topological polar surface area (TPSA) is 56.8 Å². The van der Waals surface area contributed by atoms with Gasteiger partial charge in [0.1, 0.15) is 0 Å². The number of ether oxygens (including phenoxy) is 1. The molecule has 2 amide bonds. The minimum absolute atomic E-state index is 0.110. The number of para-hydroxylation sites is 3. The van der Waals surface area contributed by atoms with Gasteiger partial charge in [0.2, 0.25) is 0 Å². The van der Waals surface area contributed by atoms with Crippen molar-refractivity contribution < 1.29 is 13.9 Å². The van der Waals surface area contributed by atoms with Gasteiger partial charge in [-0.2, -0.15) is 0 Å². The number of hydrogen-bond acceptors (Lipinski definition) is 4. The van der Waals surface area contributed by atoms with Gasteiger partial charge in [-0.3, -0.25) is 4.90 Å². The fraction of sp³-hybridized carbons (Fsp3) is 0.350. The number of nitrogens with one attached hydrogen (secondary N) is 2. The number of nitrogens with zero attached hydrogens (tertiary/aromatic N) is 2. The molecule has 2 aromatic carbocycles. The second-order valence-electron chi connectivity index (χ2n) is 6.76. The number of amides is 2. The zero-order chi connectivity index (χ0) is 19.2. The molecule has 1 aliphatic rings. The largest absolute Gasteiger partial charge is 0.452 e. The molecule has 0 spiro atoms. The van der Waals surface area contributed by atoms with Gasteiger partial charge in [-0.15, -0.1) is 0 Å². The lowest BCUT2D eigenvalue weighted by molar-refractivity contribution is 0.115. The molecule has 1 saturated heterocycles. The number of halogens is 1. The van der Waals surface area contributed by atoms with Gasteiger partial charge in [-0.1, -0.05) is 24.3 Å². The van der Waals surface area contributed by atoms with Gasteiger partial charge in [0.15, 0.2) is 17.3 Å². The van der Waals surface area contributed by atoms with Crippen LogP contribution in [0.2, 0.25) is 0 Å². The molecule has 2 N–H and O–H groups in total. The molecule has 6 nitrogen and oxygen atoms in total. The molecule has 0 unspecified atom stereocenters. The fourth-order valence-corrected chi connectivity index (χ4v) is 3.00. The number of rotatable bonds is 5. The minimum atomic E-state index is -0.457. The summed E-state index contributed by atoms with van der Waals surface area (Å²) in [6.45, 7) is 3.45. The summed E-state index contributed by atoms with van der Waals surface area (Å²) in [5.74, 6) is 0.0347. The number of benzene rings is 2. The summed E-state index contributed by atoms with van der Waals surface area (Å²) >= 11 is 0. The highest BCUT2D eigenvalue weighted by Crippen LogP contribution is 2.30. The molecule has 3 rings (SSSR count). The van der Waals surface area contributed by atoms with Crippen LogP contribution in [0.1, 0.15) is 0 Å². The summed E-state index contributed by atoms with van der Waals surface area (Å²) in [5.41, 5.74) is 0.479. The van der Waals surface area contributed by atoms with Crippen molar-refractivity contribution in [3.63, 3.8) is 0 Å². The van der Waals surface area contributed by atoms with Crippen LogP contribution >= 0.6 is 0 Å². The van der Waals surface area contributed by atoms with Crippen molar-refractivity contribution >= 4 is 11.7 Å². The van der Waals surface area contributed by atoms with E-state index in [0.717, 1.165) is 19.6 Å². The third kappa shape index (κ3) is 5.18. The van der Waals surface area contributed by atoms with Gasteiger partial charge in [0.05, 0.1) is 5.69 Å². The lowest BCUT2D eigenvalue weighted by atomic mass is 10.2. The molecular weight excluding hydrogens is 347 g/mol. The second kappa shape index (κ2) is 8.83. The minimum Gasteiger partial charge on any atom is -0.452 e. The van der Waals surface area contributed by atoms with E-state index in [1.807, 2.05) is 0 Å². The smallest absolute Gasteiger partial charge is 0.319 e. The van der Waals surface area contributed by atoms with E-state index in [1.54, 1.807) is 42.5 Å². The molecule has 1 heterocycles.